The third-order valence-corrected chi connectivity index (χ3v) is 4.17. The van der Waals surface area contributed by atoms with E-state index in [2.05, 4.69) is 12.2 Å². The van der Waals surface area contributed by atoms with Gasteiger partial charge < -0.3 is 20.5 Å². The van der Waals surface area contributed by atoms with Crippen LogP contribution in [0, 0.1) is 6.92 Å². The van der Waals surface area contributed by atoms with Crippen LogP contribution in [0.1, 0.15) is 42.5 Å². The van der Waals surface area contributed by atoms with Crippen LogP contribution in [0.15, 0.2) is 42.5 Å². The Hall–Kier alpha value is -2.24. The van der Waals surface area contributed by atoms with Gasteiger partial charge in [-0.3, -0.25) is 4.79 Å². The number of carbonyl (C=O) groups is 1. The molecule has 2 aromatic rings. The molecule has 2 rings (SSSR count). The first-order chi connectivity index (χ1) is 12.5. The molecule has 27 heavy (non-hydrogen) atoms. The van der Waals surface area contributed by atoms with Crippen molar-refractivity contribution < 1.29 is 14.3 Å². The van der Waals surface area contributed by atoms with Gasteiger partial charge in [-0.15, -0.1) is 12.4 Å². The maximum absolute atomic E-state index is 12.3. The van der Waals surface area contributed by atoms with Gasteiger partial charge >= 0.3 is 0 Å². The summed E-state index contributed by atoms with van der Waals surface area (Å²) < 4.78 is 11.1. The van der Waals surface area contributed by atoms with Crippen LogP contribution in [0.3, 0.4) is 0 Å². The summed E-state index contributed by atoms with van der Waals surface area (Å²) >= 11 is 0. The Balaban J connectivity index is 0.00000364. The second-order valence-corrected chi connectivity index (χ2v) is 6.29. The molecular formula is C21H29ClN2O3. The lowest BCUT2D eigenvalue weighted by Gasteiger charge is -2.15. The number of rotatable bonds is 9. The summed E-state index contributed by atoms with van der Waals surface area (Å²) in [4.78, 5) is 12.3. The fraction of sp³-hybridized carbons (Fsp3) is 0.381. The summed E-state index contributed by atoms with van der Waals surface area (Å²) in [7, 11) is 1.61. The molecule has 0 fully saturated rings. The molecule has 1 atom stereocenters. The van der Waals surface area contributed by atoms with E-state index in [0.717, 1.165) is 29.5 Å². The number of benzene rings is 2. The lowest BCUT2D eigenvalue weighted by atomic mass is 10.1. The minimum Gasteiger partial charge on any atom is -0.493 e. The van der Waals surface area contributed by atoms with Crippen LogP contribution in [0.5, 0.6) is 11.5 Å². The molecule has 3 N–H and O–H groups in total. The molecule has 0 aliphatic rings. The van der Waals surface area contributed by atoms with Gasteiger partial charge in [-0.05, 0) is 36.6 Å². The molecule has 148 valence electrons. The van der Waals surface area contributed by atoms with Gasteiger partial charge in [0.25, 0.3) is 0 Å². The summed E-state index contributed by atoms with van der Waals surface area (Å²) in [6.07, 6.45) is 2.07. The Kier molecular flexibility index (Phi) is 9.68. The minimum atomic E-state index is -0.686. The van der Waals surface area contributed by atoms with E-state index in [1.54, 1.807) is 7.11 Å². The van der Waals surface area contributed by atoms with E-state index in [1.165, 1.54) is 0 Å². The maximum Gasteiger partial charge on any atom is 0.241 e. The van der Waals surface area contributed by atoms with Gasteiger partial charge in [0, 0.05) is 6.54 Å². The van der Waals surface area contributed by atoms with E-state index in [4.69, 9.17) is 15.2 Å². The molecule has 1 amide bonds. The number of carbonyl (C=O) groups excluding carboxylic acids is 1. The summed E-state index contributed by atoms with van der Waals surface area (Å²) in [6.45, 7) is 5.16. The molecule has 0 bridgehead atoms. The van der Waals surface area contributed by atoms with Crippen LogP contribution in [0.2, 0.25) is 0 Å². The average molecular weight is 393 g/mol. The summed E-state index contributed by atoms with van der Waals surface area (Å²) in [6, 6.07) is 12.6. The standard InChI is InChI=1S/C21H28N2O3.ClH/c1-4-5-12-26-18-11-8-16(13-19(18)25-3)14-23-21(24)20(22)17-9-6-15(2)7-10-17;/h6-11,13,20H,4-5,12,14,22H2,1-3H3,(H,23,24);1H. The molecule has 2 aromatic carbocycles. The Morgan fingerprint density at radius 3 is 2.48 bits per heavy atom. The number of hydrogen-bond donors (Lipinski definition) is 2. The average Bonchev–Trinajstić information content (AvgIpc) is 2.66. The van der Waals surface area contributed by atoms with Crippen molar-refractivity contribution in [2.45, 2.75) is 39.3 Å². The van der Waals surface area contributed by atoms with Gasteiger partial charge in [0.1, 0.15) is 6.04 Å². The van der Waals surface area contributed by atoms with Crippen LogP contribution in [0.25, 0.3) is 0 Å². The third kappa shape index (κ3) is 6.77. The number of aryl methyl sites for hydroxylation is 1. The van der Waals surface area contributed by atoms with Crippen LogP contribution in [-0.2, 0) is 11.3 Å². The van der Waals surface area contributed by atoms with Crippen molar-refractivity contribution in [3.05, 3.63) is 59.2 Å². The molecule has 0 saturated heterocycles. The quantitative estimate of drug-likeness (QED) is 0.634. The highest BCUT2D eigenvalue weighted by atomic mass is 35.5. The number of amides is 1. The smallest absolute Gasteiger partial charge is 0.241 e. The Morgan fingerprint density at radius 2 is 1.85 bits per heavy atom. The van der Waals surface area contributed by atoms with Crippen molar-refractivity contribution in [1.82, 2.24) is 5.32 Å². The fourth-order valence-electron chi connectivity index (χ4n) is 2.49. The predicted molar refractivity (Wildman–Crippen MR) is 111 cm³/mol. The Labute approximate surface area is 167 Å². The third-order valence-electron chi connectivity index (χ3n) is 4.17. The first kappa shape index (κ1) is 22.8. The predicted octanol–water partition coefficient (Wildman–Crippen LogP) is 3.92. The van der Waals surface area contributed by atoms with Crippen molar-refractivity contribution in [2.24, 2.45) is 5.73 Å². The Bertz CT molecular complexity index is 720. The largest absolute Gasteiger partial charge is 0.493 e. The zero-order valence-electron chi connectivity index (χ0n) is 16.2. The normalized spacial score (nSPS) is 11.3. The van der Waals surface area contributed by atoms with Crippen LogP contribution in [0.4, 0.5) is 0 Å². The number of ether oxygens (including phenoxy) is 2. The zero-order chi connectivity index (χ0) is 18.9. The molecule has 0 spiro atoms. The van der Waals surface area contributed by atoms with E-state index >= 15 is 0 Å². The summed E-state index contributed by atoms with van der Waals surface area (Å²) in [5.41, 5.74) is 8.90. The molecule has 5 nitrogen and oxygen atoms in total. The number of nitrogens with one attached hydrogen (secondary N) is 1. The molecule has 0 aliphatic carbocycles. The van der Waals surface area contributed by atoms with E-state index in [-0.39, 0.29) is 18.3 Å². The number of nitrogens with two attached hydrogens (primary N) is 1. The maximum atomic E-state index is 12.3. The van der Waals surface area contributed by atoms with Gasteiger partial charge in [0.2, 0.25) is 5.91 Å². The first-order valence-electron chi connectivity index (χ1n) is 8.94. The topological polar surface area (TPSA) is 73.6 Å². The first-order valence-corrected chi connectivity index (χ1v) is 8.94. The summed E-state index contributed by atoms with van der Waals surface area (Å²) in [5.74, 6) is 1.17. The molecular weight excluding hydrogens is 364 g/mol. The second-order valence-electron chi connectivity index (χ2n) is 6.29. The number of unbranched alkanes of at least 4 members (excludes halogenated alkanes) is 1. The lowest BCUT2D eigenvalue weighted by molar-refractivity contribution is -0.122. The number of halogens is 1. The van der Waals surface area contributed by atoms with Crippen molar-refractivity contribution in [3.8, 4) is 11.5 Å². The Morgan fingerprint density at radius 1 is 1.15 bits per heavy atom. The fourth-order valence-corrected chi connectivity index (χ4v) is 2.49. The zero-order valence-corrected chi connectivity index (χ0v) is 17.0. The van der Waals surface area contributed by atoms with E-state index in [9.17, 15) is 4.79 Å². The highest BCUT2D eigenvalue weighted by molar-refractivity contribution is 5.85. The van der Waals surface area contributed by atoms with Gasteiger partial charge in [-0.1, -0.05) is 49.2 Å². The molecule has 1 unspecified atom stereocenters. The van der Waals surface area contributed by atoms with Crippen LogP contribution >= 0.6 is 12.4 Å². The minimum absolute atomic E-state index is 0. The monoisotopic (exact) mass is 392 g/mol. The van der Waals surface area contributed by atoms with Crippen LogP contribution < -0.4 is 20.5 Å². The van der Waals surface area contributed by atoms with Gasteiger partial charge in [0.05, 0.1) is 13.7 Å². The van der Waals surface area contributed by atoms with Crippen LogP contribution in [-0.4, -0.2) is 19.6 Å². The summed E-state index contributed by atoms with van der Waals surface area (Å²) in [5, 5.41) is 2.87. The van der Waals surface area contributed by atoms with Gasteiger partial charge in [-0.2, -0.15) is 0 Å². The van der Waals surface area contributed by atoms with Crippen molar-refractivity contribution in [1.29, 1.82) is 0 Å². The second kappa shape index (κ2) is 11.5. The molecule has 0 radical (unpaired) electrons. The molecule has 0 aliphatic heterocycles. The number of hydrogen-bond acceptors (Lipinski definition) is 4. The van der Waals surface area contributed by atoms with Crippen molar-refractivity contribution in [3.63, 3.8) is 0 Å². The lowest BCUT2D eigenvalue weighted by Crippen LogP contribution is -2.33. The van der Waals surface area contributed by atoms with Crippen molar-refractivity contribution >= 4 is 18.3 Å². The highest BCUT2D eigenvalue weighted by Crippen LogP contribution is 2.28. The molecule has 0 heterocycles. The van der Waals surface area contributed by atoms with Gasteiger partial charge in [-0.25, -0.2) is 0 Å². The molecule has 0 saturated carbocycles. The van der Waals surface area contributed by atoms with E-state index in [0.29, 0.717) is 24.7 Å². The molecule has 0 aromatic heterocycles. The SMILES string of the molecule is CCCCOc1ccc(CNC(=O)C(N)c2ccc(C)cc2)cc1OC.Cl. The van der Waals surface area contributed by atoms with Gasteiger partial charge in [0.15, 0.2) is 11.5 Å². The van der Waals surface area contributed by atoms with E-state index < -0.39 is 6.04 Å². The van der Waals surface area contributed by atoms with Crippen molar-refractivity contribution in [2.75, 3.05) is 13.7 Å². The van der Waals surface area contributed by atoms with E-state index in [1.807, 2.05) is 49.4 Å². The number of methoxy groups -OCH3 is 1. The highest BCUT2D eigenvalue weighted by Gasteiger charge is 2.15. The molecule has 6 heteroatoms.